The van der Waals surface area contributed by atoms with Crippen molar-refractivity contribution in [3.8, 4) is 0 Å². The molecule has 2 rings (SSSR count). The van der Waals surface area contributed by atoms with Gasteiger partial charge >= 0.3 is 0 Å². The average Bonchev–Trinajstić information content (AvgIpc) is 2.51. The highest BCUT2D eigenvalue weighted by Gasteiger charge is 2.15. The minimum absolute atomic E-state index is 0.0451. The van der Waals surface area contributed by atoms with Crippen LogP contribution in [0.15, 0.2) is 52.3 Å². The normalized spacial score (nSPS) is 10.6. The summed E-state index contributed by atoms with van der Waals surface area (Å²) < 4.78 is 0. The van der Waals surface area contributed by atoms with Crippen LogP contribution in [0.25, 0.3) is 0 Å². The summed E-state index contributed by atoms with van der Waals surface area (Å²) in [6.45, 7) is 3.01. The maximum atomic E-state index is 11.3. The lowest BCUT2D eigenvalue weighted by Crippen LogP contribution is -2.17. The molecule has 0 radical (unpaired) electrons. The number of aliphatic hydroxyl groups is 1. The lowest BCUT2D eigenvalue weighted by Gasteiger charge is -2.07. The van der Waals surface area contributed by atoms with E-state index in [0.29, 0.717) is 18.0 Å². The average molecular weight is 318 g/mol. The lowest BCUT2D eigenvalue weighted by molar-refractivity contribution is -0.387. The van der Waals surface area contributed by atoms with E-state index in [1.165, 1.54) is 11.8 Å². The van der Waals surface area contributed by atoms with Gasteiger partial charge in [-0.1, -0.05) is 35.5 Å². The fraction of sp³-hybridized carbons (Fsp3) is 0.250. The van der Waals surface area contributed by atoms with Gasteiger partial charge in [-0.3, -0.25) is 10.1 Å². The molecular formula is C16H18N2O3S. The summed E-state index contributed by atoms with van der Waals surface area (Å²) >= 11 is 1.39. The molecule has 116 valence electrons. The predicted octanol–water partition coefficient (Wildman–Crippen LogP) is 3.14. The molecule has 0 amide bonds. The molecule has 0 atom stereocenters. The molecule has 0 aliphatic carbocycles. The minimum Gasteiger partial charge on any atom is -0.395 e. The number of nitrogens with zero attached hydrogens (tertiary/aromatic N) is 1. The SMILES string of the molecule is Cc1ccc(Sc2ccc(CNCCO)cc2[N+](=O)[O-])cc1. The number of hydrogen-bond acceptors (Lipinski definition) is 5. The molecule has 0 heterocycles. The molecule has 0 fully saturated rings. The van der Waals surface area contributed by atoms with Crippen LogP contribution in [0.4, 0.5) is 5.69 Å². The third kappa shape index (κ3) is 4.56. The molecule has 22 heavy (non-hydrogen) atoms. The highest BCUT2D eigenvalue weighted by atomic mass is 32.2. The van der Waals surface area contributed by atoms with Gasteiger partial charge in [0.05, 0.1) is 16.4 Å². The van der Waals surface area contributed by atoms with Crippen molar-refractivity contribution in [2.75, 3.05) is 13.2 Å². The second kappa shape index (κ2) is 7.93. The van der Waals surface area contributed by atoms with E-state index in [1.54, 1.807) is 12.1 Å². The van der Waals surface area contributed by atoms with Crippen LogP contribution in [0.5, 0.6) is 0 Å². The number of nitro groups is 1. The molecule has 5 nitrogen and oxygen atoms in total. The molecule has 0 saturated heterocycles. The van der Waals surface area contributed by atoms with Gasteiger partial charge in [-0.15, -0.1) is 0 Å². The quantitative estimate of drug-likeness (QED) is 0.466. The summed E-state index contributed by atoms with van der Waals surface area (Å²) in [5.41, 5.74) is 2.09. The predicted molar refractivity (Wildman–Crippen MR) is 87.2 cm³/mol. The molecule has 0 spiro atoms. The van der Waals surface area contributed by atoms with E-state index < -0.39 is 0 Å². The van der Waals surface area contributed by atoms with Gasteiger partial charge in [-0.05, 0) is 30.7 Å². The Balaban J connectivity index is 2.19. The highest BCUT2D eigenvalue weighted by molar-refractivity contribution is 7.99. The number of benzene rings is 2. The molecule has 0 aliphatic rings. The molecule has 0 saturated carbocycles. The Labute approximate surface area is 133 Å². The van der Waals surface area contributed by atoms with Gasteiger partial charge in [0, 0.05) is 24.1 Å². The maximum absolute atomic E-state index is 11.3. The van der Waals surface area contributed by atoms with Crippen LogP contribution in [0.3, 0.4) is 0 Å². The number of rotatable bonds is 7. The Morgan fingerprint density at radius 3 is 2.59 bits per heavy atom. The molecule has 2 aromatic rings. The van der Waals surface area contributed by atoms with Gasteiger partial charge in [0.2, 0.25) is 0 Å². The number of aryl methyl sites for hydroxylation is 1. The van der Waals surface area contributed by atoms with Gasteiger partial charge < -0.3 is 10.4 Å². The number of hydrogen-bond donors (Lipinski definition) is 2. The van der Waals surface area contributed by atoms with Crippen molar-refractivity contribution >= 4 is 17.4 Å². The molecule has 0 unspecified atom stereocenters. The molecule has 0 aromatic heterocycles. The smallest absolute Gasteiger partial charge is 0.283 e. The van der Waals surface area contributed by atoms with Crippen LogP contribution >= 0.6 is 11.8 Å². The fourth-order valence-corrected chi connectivity index (χ4v) is 2.85. The van der Waals surface area contributed by atoms with Crippen molar-refractivity contribution in [2.45, 2.75) is 23.3 Å². The van der Waals surface area contributed by atoms with Crippen LogP contribution in [0, 0.1) is 17.0 Å². The van der Waals surface area contributed by atoms with Crippen LogP contribution in [-0.4, -0.2) is 23.2 Å². The molecule has 0 aliphatic heterocycles. The minimum atomic E-state index is -0.355. The van der Waals surface area contributed by atoms with E-state index in [4.69, 9.17) is 5.11 Å². The summed E-state index contributed by atoms with van der Waals surface area (Å²) in [7, 11) is 0. The van der Waals surface area contributed by atoms with E-state index in [2.05, 4.69) is 5.32 Å². The zero-order chi connectivity index (χ0) is 15.9. The summed E-state index contributed by atoms with van der Waals surface area (Å²) in [5.74, 6) is 0. The van der Waals surface area contributed by atoms with Gasteiger partial charge in [-0.2, -0.15) is 0 Å². The molecule has 0 bridgehead atoms. The Morgan fingerprint density at radius 1 is 1.23 bits per heavy atom. The largest absolute Gasteiger partial charge is 0.395 e. The Morgan fingerprint density at radius 2 is 1.95 bits per heavy atom. The second-order valence-corrected chi connectivity index (χ2v) is 5.99. The van der Waals surface area contributed by atoms with Crippen LogP contribution in [0.2, 0.25) is 0 Å². The van der Waals surface area contributed by atoms with Gasteiger partial charge in [0.15, 0.2) is 0 Å². The van der Waals surface area contributed by atoms with Crippen LogP contribution < -0.4 is 5.32 Å². The first-order valence-corrected chi connectivity index (χ1v) is 7.75. The first kappa shape index (κ1) is 16.5. The second-order valence-electron chi connectivity index (χ2n) is 4.87. The van der Waals surface area contributed by atoms with Crippen molar-refractivity contribution in [2.24, 2.45) is 0 Å². The van der Waals surface area contributed by atoms with Crippen LogP contribution in [-0.2, 0) is 6.54 Å². The number of nitro benzene ring substituents is 1. The van der Waals surface area contributed by atoms with Crippen LogP contribution in [0.1, 0.15) is 11.1 Å². The zero-order valence-electron chi connectivity index (χ0n) is 12.3. The summed E-state index contributed by atoms with van der Waals surface area (Å²) in [4.78, 5) is 12.5. The standard InChI is InChI=1S/C16H18N2O3S/c1-12-2-5-14(6-3-12)22-16-7-4-13(11-17-8-9-19)10-15(16)18(20)21/h2-7,10,17,19H,8-9,11H2,1H3. The topological polar surface area (TPSA) is 75.4 Å². The Hall–Kier alpha value is -1.89. The maximum Gasteiger partial charge on any atom is 0.283 e. The third-order valence-electron chi connectivity index (χ3n) is 3.09. The van der Waals surface area contributed by atoms with Gasteiger partial charge in [0.25, 0.3) is 5.69 Å². The Bertz CT molecular complexity index is 644. The molecule has 2 aromatic carbocycles. The molecule has 6 heteroatoms. The summed E-state index contributed by atoms with van der Waals surface area (Å²) in [5, 5.41) is 23.0. The summed E-state index contributed by atoms with van der Waals surface area (Å²) in [6, 6.07) is 13.1. The van der Waals surface area contributed by atoms with Crippen molar-refractivity contribution < 1.29 is 10.0 Å². The molecule has 2 N–H and O–H groups in total. The third-order valence-corrected chi connectivity index (χ3v) is 4.16. The van der Waals surface area contributed by atoms with Crippen molar-refractivity contribution in [1.29, 1.82) is 0 Å². The van der Waals surface area contributed by atoms with E-state index in [1.807, 2.05) is 37.3 Å². The lowest BCUT2D eigenvalue weighted by atomic mass is 10.2. The van der Waals surface area contributed by atoms with E-state index in [9.17, 15) is 10.1 Å². The van der Waals surface area contributed by atoms with E-state index in [-0.39, 0.29) is 17.2 Å². The van der Waals surface area contributed by atoms with Gasteiger partial charge in [-0.25, -0.2) is 0 Å². The fourth-order valence-electron chi connectivity index (χ4n) is 1.95. The monoisotopic (exact) mass is 318 g/mol. The summed E-state index contributed by atoms with van der Waals surface area (Å²) in [6.07, 6.45) is 0. The number of aliphatic hydroxyl groups excluding tert-OH is 1. The Kier molecular flexibility index (Phi) is 5.94. The number of nitrogens with one attached hydrogen (secondary N) is 1. The van der Waals surface area contributed by atoms with Gasteiger partial charge in [0.1, 0.15) is 0 Å². The van der Waals surface area contributed by atoms with Crippen molar-refractivity contribution in [1.82, 2.24) is 5.32 Å². The van der Waals surface area contributed by atoms with Crippen molar-refractivity contribution in [3.63, 3.8) is 0 Å². The highest BCUT2D eigenvalue weighted by Crippen LogP contribution is 2.35. The molecular weight excluding hydrogens is 300 g/mol. The first-order chi connectivity index (χ1) is 10.6. The van der Waals surface area contributed by atoms with E-state index in [0.717, 1.165) is 16.0 Å². The van der Waals surface area contributed by atoms with E-state index >= 15 is 0 Å². The zero-order valence-corrected chi connectivity index (χ0v) is 13.1. The first-order valence-electron chi connectivity index (χ1n) is 6.93. The van der Waals surface area contributed by atoms with Crippen molar-refractivity contribution in [3.05, 3.63) is 63.7 Å².